The topological polar surface area (TPSA) is 57.7 Å². The van der Waals surface area contributed by atoms with E-state index in [-0.39, 0.29) is 5.91 Å². The molecular weight excluding hydrogens is 380 g/mol. The molecule has 0 spiro atoms. The Hall–Kier alpha value is -1.70. The highest BCUT2D eigenvalue weighted by Gasteiger charge is 2.31. The zero-order chi connectivity index (χ0) is 19.0. The molecule has 0 radical (unpaired) electrons. The summed E-state index contributed by atoms with van der Waals surface area (Å²) in [6.45, 7) is 3.52. The highest BCUT2D eigenvalue weighted by Crippen LogP contribution is 2.26. The van der Waals surface area contributed by atoms with Crippen LogP contribution in [0.2, 0.25) is 0 Å². The van der Waals surface area contributed by atoms with Gasteiger partial charge in [-0.05, 0) is 68.0 Å². The number of sulfonamides is 1. The van der Waals surface area contributed by atoms with Gasteiger partial charge in [0.15, 0.2) is 0 Å². The fourth-order valence-electron chi connectivity index (χ4n) is 3.86. The summed E-state index contributed by atoms with van der Waals surface area (Å²) in [5.41, 5.74) is 2.45. The zero-order valence-corrected chi connectivity index (χ0v) is 17.1. The maximum absolute atomic E-state index is 13.0. The molecule has 0 N–H and O–H groups in total. The quantitative estimate of drug-likeness (QED) is 0.790. The second kappa shape index (κ2) is 7.37. The molecule has 5 nitrogen and oxygen atoms in total. The molecule has 1 aromatic heterocycles. The Labute approximate surface area is 164 Å². The molecule has 1 aliphatic carbocycles. The van der Waals surface area contributed by atoms with E-state index in [1.165, 1.54) is 33.2 Å². The van der Waals surface area contributed by atoms with Crippen LogP contribution in [0.15, 0.2) is 35.2 Å². The Morgan fingerprint density at radius 3 is 2.33 bits per heavy atom. The predicted molar refractivity (Wildman–Crippen MR) is 107 cm³/mol. The molecule has 0 unspecified atom stereocenters. The number of carbonyl (C=O) groups is 1. The Balaban J connectivity index is 1.46. The molecule has 4 rings (SSSR count). The van der Waals surface area contributed by atoms with Gasteiger partial charge in [-0.2, -0.15) is 4.31 Å². The van der Waals surface area contributed by atoms with Crippen LogP contribution < -0.4 is 0 Å². The lowest BCUT2D eigenvalue weighted by Gasteiger charge is -2.34. The van der Waals surface area contributed by atoms with Crippen LogP contribution in [0.5, 0.6) is 0 Å². The molecule has 0 atom stereocenters. The maximum Gasteiger partial charge on any atom is 0.264 e. The molecule has 1 fully saturated rings. The summed E-state index contributed by atoms with van der Waals surface area (Å²) >= 11 is 1.48. The van der Waals surface area contributed by atoms with Crippen molar-refractivity contribution in [1.29, 1.82) is 0 Å². The Morgan fingerprint density at radius 2 is 1.67 bits per heavy atom. The number of fused-ring (bicyclic) bond motifs is 1. The highest BCUT2D eigenvalue weighted by molar-refractivity contribution is 7.89. The van der Waals surface area contributed by atoms with Crippen molar-refractivity contribution in [1.82, 2.24) is 9.21 Å². The van der Waals surface area contributed by atoms with Crippen LogP contribution in [-0.4, -0.2) is 49.7 Å². The van der Waals surface area contributed by atoms with Crippen molar-refractivity contribution in [3.8, 4) is 0 Å². The summed E-state index contributed by atoms with van der Waals surface area (Å²) in [4.78, 5) is 16.5. The third-order valence-electron chi connectivity index (χ3n) is 5.43. The van der Waals surface area contributed by atoms with Gasteiger partial charge in [-0.1, -0.05) is 6.07 Å². The van der Waals surface area contributed by atoms with Gasteiger partial charge in [0, 0.05) is 31.1 Å². The van der Waals surface area contributed by atoms with Crippen molar-refractivity contribution in [2.75, 3.05) is 26.2 Å². The van der Waals surface area contributed by atoms with Gasteiger partial charge in [0.25, 0.3) is 5.91 Å². The standard InChI is InChI=1S/C20H24N2O3S2/c1-15-6-9-19(26-15)20(23)21-10-12-22(13-11-21)27(24,25)18-8-7-16-4-2-3-5-17(16)14-18/h6-9,14H,2-5,10-13H2,1H3. The summed E-state index contributed by atoms with van der Waals surface area (Å²) < 4.78 is 27.6. The first-order valence-electron chi connectivity index (χ1n) is 9.43. The van der Waals surface area contributed by atoms with Crippen LogP contribution >= 0.6 is 11.3 Å². The number of carbonyl (C=O) groups excluding carboxylic acids is 1. The van der Waals surface area contributed by atoms with Crippen molar-refractivity contribution in [2.24, 2.45) is 0 Å². The summed E-state index contributed by atoms with van der Waals surface area (Å²) in [5, 5.41) is 0. The number of rotatable bonds is 3. The van der Waals surface area contributed by atoms with Crippen molar-refractivity contribution in [3.63, 3.8) is 0 Å². The van der Waals surface area contributed by atoms with Crippen molar-refractivity contribution in [2.45, 2.75) is 37.5 Å². The minimum Gasteiger partial charge on any atom is -0.335 e. The molecule has 1 amide bonds. The maximum atomic E-state index is 13.0. The largest absolute Gasteiger partial charge is 0.335 e. The van der Waals surface area contributed by atoms with E-state index in [9.17, 15) is 13.2 Å². The summed E-state index contributed by atoms with van der Waals surface area (Å²) in [6, 6.07) is 9.36. The Bertz CT molecular complexity index is 957. The summed E-state index contributed by atoms with van der Waals surface area (Å²) in [6.07, 6.45) is 4.30. The smallest absolute Gasteiger partial charge is 0.264 e. The van der Waals surface area contributed by atoms with E-state index in [1.807, 2.05) is 31.2 Å². The van der Waals surface area contributed by atoms with E-state index in [1.54, 1.807) is 11.0 Å². The monoisotopic (exact) mass is 404 g/mol. The van der Waals surface area contributed by atoms with Crippen LogP contribution in [0.1, 0.15) is 38.5 Å². The molecule has 2 heterocycles. The zero-order valence-electron chi connectivity index (χ0n) is 15.5. The van der Waals surface area contributed by atoms with Gasteiger partial charge in [0.2, 0.25) is 10.0 Å². The SMILES string of the molecule is Cc1ccc(C(=O)N2CCN(S(=O)(=O)c3ccc4c(c3)CCCC4)CC2)s1. The van der Waals surface area contributed by atoms with Crippen LogP contribution in [0.25, 0.3) is 0 Å². The molecule has 2 aliphatic rings. The number of thiophene rings is 1. The third kappa shape index (κ3) is 3.68. The van der Waals surface area contributed by atoms with Gasteiger partial charge >= 0.3 is 0 Å². The average molecular weight is 405 g/mol. The fraction of sp³-hybridized carbons (Fsp3) is 0.450. The van der Waals surface area contributed by atoms with Crippen molar-refractivity contribution >= 4 is 27.3 Å². The number of hydrogen-bond donors (Lipinski definition) is 0. The molecular formula is C20H24N2O3S2. The lowest BCUT2D eigenvalue weighted by atomic mass is 9.92. The van der Waals surface area contributed by atoms with Gasteiger partial charge in [0.05, 0.1) is 9.77 Å². The first-order valence-corrected chi connectivity index (χ1v) is 11.7. The lowest BCUT2D eigenvalue weighted by Crippen LogP contribution is -2.50. The summed E-state index contributed by atoms with van der Waals surface area (Å²) in [5.74, 6) is -0.000992. The van der Waals surface area contributed by atoms with Crippen LogP contribution in [0.4, 0.5) is 0 Å². The van der Waals surface area contributed by atoms with E-state index in [2.05, 4.69) is 0 Å². The van der Waals surface area contributed by atoms with E-state index < -0.39 is 10.0 Å². The van der Waals surface area contributed by atoms with Crippen molar-refractivity contribution < 1.29 is 13.2 Å². The number of piperazine rings is 1. The normalized spacial score (nSPS) is 18.3. The van der Waals surface area contributed by atoms with E-state index >= 15 is 0 Å². The number of amides is 1. The first kappa shape index (κ1) is 18.7. The fourth-order valence-corrected chi connectivity index (χ4v) is 6.16. The van der Waals surface area contributed by atoms with Crippen LogP contribution in [0, 0.1) is 6.92 Å². The highest BCUT2D eigenvalue weighted by atomic mass is 32.2. The van der Waals surface area contributed by atoms with Gasteiger partial charge < -0.3 is 4.90 Å². The average Bonchev–Trinajstić information content (AvgIpc) is 3.13. The number of nitrogens with zero attached hydrogens (tertiary/aromatic N) is 2. The van der Waals surface area contributed by atoms with E-state index in [0.29, 0.717) is 31.1 Å². The van der Waals surface area contributed by atoms with Gasteiger partial charge in [-0.15, -0.1) is 11.3 Å². The molecule has 1 aliphatic heterocycles. The molecule has 144 valence electrons. The summed E-state index contributed by atoms with van der Waals surface area (Å²) in [7, 11) is -3.51. The first-order chi connectivity index (χ1) is 12.9. The third-order valence-corrected chi connectivity index (χ3v) is 8.32. The molecule has 1 saturated heterocycles. The molecule has 27 heavy (non-hydrogen) atoms. The number of benzene rings is 1. The predicted octanol–water partition coefficient (Wildman–Crippen LogP) is 3.08. The number of aryl methyl sites for hydroxylation is 3. The van der Waals surface area contributed by atoms with E-state index in [4.69, 9.17) is 0 Å². The van der Waals surface area contributed by atoms with Crippen LogP contribution in [0.3, 0.4) is 0 Å². The molecule has 1 aromatic carbocycles. The van der Waals surface area contributed by atoms with Crippen molar-refractivity contribution in [3.05, 3.63) is 51.2 Å². The molecule has 0 bridgehead atoms. The number of hydrogen-bond acceptors (Lipinski definition) is 4. The lowest BCUT2D eigenvalue weighted by molar-refractivity contribution is 0.0703. The molecule has 7 heteroatoms. The van der Waals surface area contributed by atoms with Gasteiger partial charge in [-0.3, -0.25) is 4.79 Å². The second-order valence-corrected chi connectivity index (χ2v) is 10.5. The molecule has 2 aromatic rings. The molecule has 0 saturated carbocycles. The minimum atomic E-state index is -3.51. The second-order valence-electron chi connectivity index (χ2n) is 7.24. The Morgan fingerprint density at radius 1 is 0.963 bits per heavy atom. The van der Waals surface area contributed by atoms with Crippen LogP contribution in [-0.2, 0) is 22.9 Å². The minimum absolute atomic E-state index is 0.000992. The van der Waals surface area contributed by atoms with Gasteiger partial charge in [0.1, 0.15) is 0 Å². The van der Waals surface area contributed by atoms with E-state index in [0.717, 1.165) is 29.0 Å². The van der Waals surface area contributed by atoms with Gasteiger partial charge in [-0.25, -0.2) is 8.42 Å². The Kier molecular flexibility index (Phi) is 5.09.